The predicted octanol–water partition coefficient (Wildman–Crippen LogP) is 4.00. The lowest BCUT2D eigenvalue weighted by atomic mass is 9.81. The number of thiophene rings is 1. The summed E-state index contributed by atoms with van der Waals surface area (Å²) in [4.78, 5) is 0. The number of nitrogens with one attached hydrogen (secondary N) is 1. The highest BCUT2D eigenvalue weighted by Gasteiger charge is 2.33. The predicted molar refractivity (Wildman–Crippen MR) is 98.7 cm³/mol. The Labute approximate surface area is 146 Å². The van der Waals surface area contributed by atoms with E-state index in [-0.39, 0.29) is 5.25 Å². The van der Waals surface area contributed by atoms with Crippen molar-refractivity contribution >= 4 is 43.8 Å². The van der Waals surface area contributed by atoms with E-state index in [1.54, 1.807) is 11.3 Å². The zero-order valence-corrected chi connectivity index (χ0v) is 16.4. The molecule has 0 bridgehead atoms. The van der Waals surface area contributed by atoms with Crippen LogP contribution in [0.1, 0.15) is 50.6 Å². The zero-order valence-electron chi connectivity index (χ0n) is 12.6. The highest BCUT2D eigenvalue weighted by atomic mass is 127. The first kappa shape index (κ1) is 17.7. The second kappa shape index (κ2) is 7.75. The summed E-state index contributed by atoms with van der Waals surface area (Å²) >= 11 is 4.12. The van der Waals surface area contributed by atoms with E-state index in [0.29, 0.717) is 12.0 Å². The molecule has 1 saturated carbocycles. The Bertz CT molecular complexity index is 556. The van der Waals surface area contributed by atoms with E-state index in [1.165, 1.54) is 14.7 Å². The molecule has 2 rings (SSSR count). The van der Waals surface area contributed by atoms with Crippen LogP contribution in [-0.2, 0) is 9.84 Å². The van der Waals surface area contributed by atoms with E-state index in [4.69, 9.17) is 0 Å². The molecule has 1 N–H and O–H groups in total. The van der Waals surface area contributed by atoms with E-state index >= 15 is 0 Å². The minimum absolute atomic E-state index is 0.153. The van der Waals surface area contributed by atoms with Gasteiger partial charge in [0.05, 0.1) is 8.13 Å². The van der Waals surface area contributed by atoms with Crippen molar-refractivity contribution in [3.63, 3.8) is 0 Å². The second-order valence-electron chi connectivity index (χ2n) is 5.99. The molecule has 1 aliphatic carbocycles. The van der Waals surface area contributed by atoms with E-state index in [0.717, 1.165) is 38.6 Å². The molecule has 0 spiro atoms. The standard InChI is InChI=1S/C15H24INO2S2/c1-3-7-17-15(12-9-14(16)20-10-12)11-5-4-6-13(8-11)21(2,18)19/h9-11,13,15,17H,3-8H2,1-2H3. The monoisotopic (exact) mass is 441 g/mol. The molecule has 0 saturated heterocycles. The van der Waals surface area contributed by atoms with Crippen LogP contribution in [0.4, 0.5) is 0 Å². The molecule has 0 radical (unpaired) electrons. The third kappa shape index (κ3) is 4.91. The highest BCUT2D eigenvalue weighted by molar-refractivity contribution is 14.1. The van der Waals surface area contributed by atoms with E-state index < -0.39 is 9.84 Å². The summed E-state index contributed by atoms with van der Waals surface area (Å²) in [5.74, 6) is 0.426. The van der Waals surface area contributed by atoms with Gasteiger partial charge in [-0.25, -0.2) is 8.42 Å². The maximum Gasteiger partial charge on any atom is 0.150 e. The summed E-state index contributed by atoms with van der Waals surface area (Å²) in [7, 11) is -2.92. The van der Waals surface area contributed by atoms with Gasteiger partial charge in [-0.15, -0.1) is 11.3 Å². The first-order valence-electron chi connectivity index (χ1n) is 7.58. The number of sulfone groups is 1. The van der Waals surface area contributed by atoms with E-state index in [1.807, 2.05) is 0 Å². The lowest BCUT2D eigenvalue weighted by Crippen LogP contribution is -2.35. The van der Waals surface area contributed by atoms with Gasteiger partial charge in [0.25, 0.3) is 0 Å². The summed E-state index contributed by atoms with van der Waals surface area (Å²) in [5, 5.41) is 5.72. The lowest BCUT2D eigenvalue weighted by molar-refractivity contribution is 0.273. The Kier molecular flexibility index (Phi) is 6.52. The minimum Gasteiger partial charge on any atom is -0.310 e. The Balaban J connectivity index is 2.16. The van der Waals surface area contributed by atoms with Crippen molar-refractivity contribution in [1.29, 1.82) is 0 Å². The molecule has 0 aliphatic heterocycles. The van der Waals surface area contributed by atoms with Gasteiger partial charge >= 0.3 is 0 Å². The van der Waals surface area contributed by atoms with Crippen LogP contribution in [0.5, 0.6) is 0 Å². The minimum atomic E-state index is -2.92. The molecule has 3 atom stereocenters. The van der Waals surface area contributed by atoms with Crippen LogP contribution in [0.3, 0.4) is 0 Å². The van der Waals surface area contributed by atoms with Gasteiger partial charge < -0.3 is 5.32 Å². The van der Waals surface area contributed by atoms with Crippen LogP contribution in [-0.4, -0.2) is 26.5 Å². The van der Waals surface area contributed by atoms with Gasteiger partial charge in [-0.1, -0.05) is 13.3 Å². The molecule has 0 amide bonds. The van der Waals surface area contributed by atoms with Crippen LogP contribution < -0.4 is 5.32 Å². The smallest absolute Gasteiger partial charge is 0.150 e. The van der Waals surface area contributed by atoms with Gasteiger partial charge in [0.1, 0.15) is 9.84 Å². The van der Waals surface area contributed by atoms with Gasteiger partial charge in [0, 0.05) is 12.3 Å². The quantitative estimate of drug-likeness (QED) is 0.679. The summed E-state index contributed by atoms with van der Waals surface area (Å²) in [6.07, 6.45) is 6.26. The third-order valence-electron chi connectivity index (χ3n) is 4.30. The van der Waals surface area contributed by atoms with Crippen LogP contribution in [0, 0.1) is 8.80 Å². The Hall–Kier alpha value is 0.340. The summed E-state index contributed by atoms with van der Waals surface area (Å²) in [5.41, 5.74) is 1.33. The summed E-state index contributed by atoms with van der Waals surface area (Å²) < 4.78 is 25.1. The molecule has 1 aromatic heterocycles. The average molecular weight is 441 g/mol. The largest absolute Gasteiger partial charge is 0.310 e. The molecule has 6 heteroatoms. The fourth-order valence-electron chi connectivity index (χ4n) is 3.22. The van der Waals surface area contributed by atoms with Gasteiger partial charge in [0.15, 0.2) is 0 Å². The third-order valence-corrected chi connectivity index (χ3v) is 7.75. The molecular formula is C15H24INO2S2. The molecule has 120 valence electrons. The van der Waals surface area contributed by atoms with Crippen molar-refractivity contribution in [2.24, 2.45) is 5.92 Å². The molecule has 1 aromatic rings. The normalized spacial score (nSPS) is 24.9. The second-order valence-corrected chi connectivity index (χ2v) is 11.1. The van der Waals surface area contributed by atoms with Crippen LogP contribution in [0.15, 0.2) is 11.4 Å². The van der Waals surface area contributed by atoms with Crippen molar-refractivity contribution in [3.8, 4) is 0 Å². The molecule has 0 aromatic carbocycles. The Morgan fingerprint density at radius 1 is 1.48 bits per heavy atom. The Morgan fingerprint density at radius 2 is 2.24 bits per heavy atom. The molecule has 3 unspecified atom stereocenters. The first-order chi connectivity index (χ1) is 9.91. The summed E-state index contributed by atoms with van der Waals surface area (Å²) in [6.45, 7) is 3.15. The van der Waals surface area contributed by atoms with Gasteiger partial charge in [0.2, 0.25) is 0 Å². The zero-order chi connectivity index (χ0) is 15.5. The topological polar surface area (TPSA) is 46.2 Å². The van der Waals surface area contributed by atoms with Crippen LogP contribution in [0.2, 0.25) is 0 Å². The fourth-order valence-corrected chi connectivity index (χ4v) is 5.82. The van der Waals surface area contributed by atoms with Gasteiger partial charge in [-0.2, -0.15) is 0 Å². The van der Waals surface area contributed by atoms with Gasteiger partial charge in [-0.3, -0.25) is 0 Å². The highest BCUT2D eigenvalue weighted by Crippen LogP contribution is 2.38. The maximum atomic E-state index is 11.9. The molecule has 21 heavy (non-hydrogen) atoms. The molecular weight excluding hydrogens is 417 g/mol. The first-order valence-corrected chi connectivity index (χ1v) is 11.5. The van der Waals surface area contributed by atoms with Crippen molar-refractivity contribution in [2.75, 3.05) is 12.8 Å². The fraction of sp³-hybridized carbons (Fsp3) is 0.733. The molecule has 1 heterocycles. The maximum absolute atomic E-state index is 11.9. The van der Waals surface area contributed by atoms with E-state index in [2.05, 4.69) is 46.3 Å². The average Bonchev–Trinajstić information content (AvgIpc) is 2.85. The van der Waals surface area contributed by atoms with E-state index in [9.17, 15) is 8.42 Å². The van der Waals surface area contributed by atoms with Crippen LogP contribution in [0.25, 0.3) is 0 Å². The lowest BCUT2D eigenvalue weighted by Gasteiger charge is -2.34. The van der Waals surface area contributed by atoms with Gasteiger partial charge in [-0.05, 0) is 77.7 Å². The number of halogens is 1. The molecule has 1 fully saturated rings. The molecule has 3 nitrogen and oxygen atoms in total. The SMILES string of the molecule is CCCNC(c1csc(I)c1)C1CCCC(S(C)(=O)=O)C1. The Morgan fingerprint density at radius 3 is 2.81 bits per heavy atom. The van der Waals surface area contributed by atoms with Crippen molar-refractivity contribution in [3.05, 3.63) is 19.9 Å². The number of hydrogen-bond donors (Lipinski definition) is 1. The van der Waals surface area contributed by atoms with Crippen molar-refractivity contribution < 1.29 is 8.42 Å². The van der Waals surface area contributed by atoms with Crippen molar-refractivity contribution in [2.45, 2.75) is 50.3 Å². The number of hydrogen-bond acceptors (Lipinski definition) is 4. The number of rotatable bonds is 6. The van der Waals surface area contributed by atoms with Crippen molar-refractivity contribution in [1.82, 2.24) is 5.32 Å². The van der Waals surface area contributed by atoms with Crippen LogP contribution >= 0.6 is 33.9 Å². The summed E-state index contributed by atoms with van der Waals surface area (Å²) in [6, 6.07) is 2.54. The molecule has 1 aliphatic rings.